The average Bonchev–Trinajstić information content (AvgIpc) is 2.97. The molecule has 220 valence electrons. The van der Waals surface area contributed by atoms with Crippen molar-refractivity contribution in [2.24, 2.45) is 35.1 Å². The molecule has 40 heavy (non-hydrogen) atoms. The van der Waals surface area contributed by atoms with Gasteiger partial charge in [0.1, 0.15) is 11.5 Å². The van der Waals surface area contributed by atoms with Crippen molar-refractivity contribution >= 4 is 0 Å². The van der Waals surface area contributed by atoms with E-state index < -0.39 is 0 Å². The summed E-state index contributed by atoms with van der Waals surface area (Å²) in [5.41, 5.74) is 14.3. The standard InChI is InChI=1S/C36H54N2O2/c37-19-7-3-1-5-9-21-39-34-15-11-30(12-16-34)36(32-24-28-23-29(26-32)27-33(36)25-28)31-13-17-35(18-14-31)40-22-10-6-2-4-8-20-38/h11-18,28-29,32-33H,1-10,19-27,37-38H2. The zero-order valence-corrected chi connectivity index (χ0v) is 24.8. The van der Waals surface area contributed by atoms with E-state index in [1.54, 1.807) is 0 Å². The van der Waals surface area contributed by atoms with Gasteiger partial charge in [0.15, 0.2) is 0 Å². The molecule has 0 aromatic heterocycles. The molecule has 0 unspecified atom stereocenters. The first-order valence-electron chi connectivity index (χ1n) is 16.6. The SMILES string of the molecule is NCCCCCCCOc1ccc(C2(c3ccc(OCCCCCCCN)cc3)C3CC4CC(C3)CC2C4)cc1. The van der Waals surface area contributed by atoms with Gasteiger partial charge < -0.3 is 20.9 Å². The monoisotopic (exact) mass is 546 g/mol. The van der Waals surface area contributed by atoms with Gasteiger partial charge in [0, 0.05) is 5.41 Å². The molecule has 0 atom stereocenters. The normalized spacial score (nSPS) is 24.4. The lowest BCUT2D eigenvalue weighted by atomic mass is 9.42. The van der Waals surface area contributed by atoms with E-state index in [9.17, 15) is 0 Å². The fourth-order valence-corrected chi connectivity index (χ4v) is 8.62. The molecule has 6 rings (SSSR count). The summed E-state index contributed by atoms with van der Waals surface area (Å²) >= 11 is 0. The fourth-order valence-electron chi connectivity index (χ4n) is 8.62. The Hall–Kier alpha value is -2.04. The summed E-state index contributed by atoms with van der Waals surface area (Å²) in [4.78, 5) is 0. The minimum absolute atomic E-state index is 0.121. The van der Waals surface area contributed by atoms with E-state index >= 15 is 0 Å². The molecule has 4 aliphatic carbocycles. The van der Waals surface area contributed by atoms with Crippen LogP contribution in [0.3, 0.4) is 0 Å². The van der Waals surface area contributed by atoms with Crippen LogP contribution in [0.4, 0.5) is 0 Å². The third-order valence-electron chi connectivity index (χ3n) is 10.3. The van der Waals surface area contributed by atoms with E-state index in [1.807, 2.05) is 0 Å². The van der Waals surface area contributed by atoms with Crippen molar-refractivity contribution in [3.63, 3.8) is 0 Å². The van der Waals surface area contributed by atoms with Gasteiger partial charge in [-0.25, -0.2) is 0 Å². The highest BCUT2D eigenvalue weighted by Gasteiger charge is 2.58. The quantitative estimate of drug-likeness (QED) is 0.186. The number of nitrogens with two attached hydrogens (primary N) is 2. The maximum atomic E-state index is 6.15. The van der Waals surface area contributed by atoms with Gasteiger partial charge in [-0.2, -0.15) is 0 Å². The van der Waals surface area contributed by atoms with Crippen molar-refractivity contribution in [2.75, 3.05) is 26.3 Å². The van der Waals surface area contributed by atoms with Crippen LogP contribution in [0.15, 0.2) is 48.5 Å². The topological polar surface area (TPSA) is 70.5 Å². The van der Waals surface area contributed by atoms with Gasteiger partial charge in [-0.1, -0.05) is 62.8 Å². The Morgan fingerprint density at radius 2 is 0.875 bits per heavy atom. The minimum atomic E-state index is 0.121. The van der Waals surface area contributed by atoms with E-state index in [2.05, 4.69) is 48.5 Å². The summed E-state index contributed by atoms with van der Waals surface area (Å²) < 4.78 is 12.3. The number of hydrogen-bond donors (Lipinski definition) is 2. The van der Waals surface area contributed by atoms with E-state index in [0.717, 1.165) is 87.2 Å². The minimum Gasteiger partial charge on any atom is -0.494 e. The zero-order chi connectivity index (χ0) is 27.6. The predicted octanol–water partition coefficient (Wildman–Crippen LogP) is 8.00. The van der Waals surface area contributed by atoms with Crippen LogP contribution < -0.4 is 20.9 Å². The van der Waals surface area contributed by atoms with Gasteiger partial charge in [-0.3, -0.25) is 0 Å². The van der Waals surface area contributed by atoms with Crippen LogP contribution in [0.25, 0.3) is 0 Å². The van der Waals surface area contributed by atoms with Gasteiger partial charge in [0.25, 0.3) is 0 Å². The highest BCUT2D eigenvalue weighted by Crippen LogP contribution is 2.65. The average molecular weight is 547 g/mol. The molecular weight excluding hydrogens is 492 g/mol. The lowest BCUT2D eigenvalue weighted by Gasteiger charge is -2.62. The molecule has 4 fully saturated rings. The Balaban J connectivity index is 1.24. The van der Waals surface area contributed by atoms with E-state index in [0.29, 0.717) is 0 Å². The van der Waals surface area contributed by atoms with Crippen LogP contribution in [-0.2, 0) is 5.41 Å². The van der Waals surface area contributed by atoms with Crippen molar-refractivity contribution in [2.45, 2.75) is 102 Å². The largest absolute Gasteiger partial charge is 0.494 e. The first kappa shape index (κ1) is 29.5. The Morgan fingerprint density at radius 1 is 0.500 bits per heavy atom. The lowest BCUT2D eigenvalue weighted by molar-refractivity contribution is -0.0418. The second kappa shape index (κ2) is 14.7. The first-order valence-corrected chi connectivity index (χ1v) is 16.6. The number of benzene rings is 2. The summed E-state index contributed by atoms with van der Waals surface area (Å²) in [5, 5.41) is 0. The molecule has 2 aromatic carbocycles. The maximum Gasteiger partial charge on any atom is 0.119 e. The van der Waals surface area contributed by atoms with Crippen molar-refractivity contribution in [1.82, 2.24) is 0 Å². The predicted molar refractivity (Wildman–Crippen MR) is 166 cm³/mol. The van der Waals surface area contributed by atoms with Crippen molar-refractivity contribution < 1.29 is 9.47 Å². The fraction of sp³-hybridized carbons (Fsp3) is 0.667. The molecule has 2 aromatic rings. The van der Waals surface area contributed by atoms with Gasteiger partial charge in [-0.15, -0.1) is 0 Å². The zero-order valence-electron chi connectivity index (χ0n) is 24.8. The van der Waals surface area contributed by atoms with E-state index in [4.69, 9.17) is 20.9 Å². The van der Waals surface area contributed by atoms with Crippen LogP contribution in [0.5, 0.6) is 11.5 Å². The highest BCUT2D eigenvalue weighted by atomic mass is 16.5. The molecule has 4 heteroatoms. The third-order valence-corrected chi connectivity index (χ3v) is 10.3. The second-order valence-corrected chi connectivity index (χ2v) is 13.0. The third kappa shape index (κ3) is 6.87. The smallest absolute Gasteiger partial charge is 0.119 e. The molecule has 0 radical (unpaired) electrons. The van der Waals surface area contributed by atoms with Crippen molar-refractivity contribution in [3.05, 3.63) is 59.7 Å². The van der Waals surface area contributed by atoms with E-state index in [1.165, 1.54) is 81.8 Å². The molecule has 4 N–H and O–H groups in total. The van der Waals surface area contributed by atoms with Gasteiger partial charge in [0.2, 0.25) is 0 Å². The Bertz CT molecular complexity index is 911. The molecule has 4 aliphatic rings. The van der Waals surface area contributed by atoms with Crippen LogP contribution in [-0.4, -0.2) is 26.3 Å². The second-order valence-electron chi connectivity index (χ2n) is 13.0. The first-order chi connectivity index (χ1) is 19.7. The lowest BCUT2D eigenvalue weighted by Crippen LogP contribution is -2.56. The van der Waals surface area contributed by atoms with Crippen LogP contribution in [0, 0.1) is 23.7 Å². The maximum absolute atomic E-state index is 6.15. The van der Waals surface area contributed by atoms with Gasteiger partial charge in [0.05, 0.1) is 13.2 Å². The molecular formula is C36H54N2O2. The molecule has 4 saturated carbocycles. The summed E-state index contributed by atoms with van der Waals surface area (Å²) in [7, 11) is 0. The molecule has 0 amide bonds. The molecule has 0 saturated heterocycles. The Labute approximate surface area is 243 Å². The number of unbranched alkanes of at least 4 members (excludes halogenated alkanes) is 8. The molecule has 0 heterocycles. The Kier molecular flexibility index (Phi) is 10.8. The molecule has 4 nitrogen and oxygen atoms in total. The number of hydrogen-bond acceptors (Lipinski definition) is 4. The molecule has 0 aliphatic heterocycles. The summed E-state index contributed by atoms with van der Waals surface area (Å²) in [6, 6.07) is 18.5. The van der Waals surface area contributed by atoms with Gasteiger partial charge in [-0.05, 0) is 130 Å². The molecule has 4 bridgehead atoms. The summed E-state index contributed by atoms with van der Waals surface area (Å²) in [5.74, 6) is 5.38. The Morgan fingerprint density at radius 3 is 1.27 bits per heavy atom. The molecule has 0 spiro atoms. The van der Waals surface area contributed by atoms with Gasteiger partial charge >= 0.3 is 0 Å². The number of rotatable bonds is 18. The van der Waals surface area contributed by atoms with Crippen LogP contribution in [0.2, 0.25) is 0 Å². The summed E-state index contributed by atoms with van der Waals surface area (Å²) in [6.07, 6.45) is 19.0. The highest BCUT2D eigenvalue weighted by molar-refractivity contribution is 5.47. The number of ether oxygens (including phenoxy) is 2. The van der Waals surface area contributed by atoms with Crippen LogP contribution in [0.1, 0.15) is 107 Å². The van der Waals surface area contributed by atoms with Crippen LogP contribution >= 0.6 is 0 Å². The summed E-state index contributed by atoms with van der Waals surface area (Å²) in [6.45, 7) is 3.22. The van der Waals surface area contributed by atoms with E-state index in [-0.39, 0.29) is 5.41 Å². The van der Waals surface area contributed by atoms with Crippen molar-refractivity contribution in [1.29, 1.82) is 0 Å². The van der Waals surface area contributed by atoms with Crippen molar-refractivity contribution in [3.8, 4) is 11.5 Å².